The molecule has 0 aliphatic rings. The van der Waals surface area contributed by atoms with Crippen molar-refractivity contribution in [1.82, 2.24) is 5.48 Å². The fourth-order valence-electron chi connectivity index (χ4n) is 3.01. The first-order valence-electron chi connectivity index (χ1n) is 9.79. The summed E-state index contributed by atoms with van der Waals surface area (Å²) in [6.07, 6.45) is 2.03. The summed E-state index contributed by atoms with van der Waals surface area (Å²) < 4.78 is 0. The van der Waals surface area contributed by atoms with Gasteiger partial charge in [0.1, 0.15) is 0 Å². The maximum absolute atomic E-state index is 10.8. The van der Waals surface area contributed by atoms with Gasteiger partial charge in [-0.25, -0.2) is 0 Å². The molecule has 3 aromatic rings. The molecule has 3 rings (SSSR count). The standard InChI is InChI=1S/C25H25NO3S/c1-2-24(22-13-11-21(12-14-22)20-8-4-3-5-9-20)26-29-15-16-30-23-10-6-7-19(17-23)18-25(27)28/h2-14,17,26H,15-16,18H2,1H3,(H,27,28). The number of aliphatic carboxylic acids is 1. The Morgan fingerprint density at radius 1 is 1.00 bits per heavy atom. The van der Waals surface area contributed by atoms with Gasteiger partial charge in [-0.15, -0.1) is 11.8 Å². The van der Waals surface area contributed by atoms with Gasteiger partial charge in [-0.1, -0.05) is 72.8 Å². The van der Waals surface area contributed by atoms with Crippen LogP contribution in [0.4, 0.5) is 0 Å². The molecule has 0 aliphatic heterocycles. The molecule has 5 heteroatoms. The zero-order valence-corrected chi connectivity index (χ0v) is 17.7. The molecule has 0 unspecified atom stereocenters. The summed E-state index contributed by atoms with van der Waals surface area (Å²) in [7, 11) is 0. The first-order chi connectivity index (χ1) is 14.7. The number of rotatable bonds is 10. The highest BCUT2D eigenvalue weighted by atomic mass is 32.2. The zero-order valence-electron chi connectivity index (χ0n) is 16.9. The summed E-state index contributed by atoms with van der Waals surface area (Å²) in [6.45, 7) is 2.49. The Bertz CT molecular complexity index is 985. The van der Waals surface area contributed by atoms with E-state index in [1.807, 2.05) is 55.5 Å². The number of allylic oxidation sites excluding steroid dienone is 1. The predicted octanol–water partition coefficient (Wildman–Crippen LogP) is 5.66. The molecule has 3 aromatic carbocycles. The Morgan fingerprint density at radius 2 is 1.73 bits per heavy atom. The number of carboxylic acids is 1. The maximum atomic E-state index is 10.8. The van der Waals surface area contributed by atoms with Crippen LogP contribution in [-0.2, 0) is 16.1 Å². The third-order valence-electron chi connectivity index (χ3n) is 4.48. The average molecular weight is 420 g/mol. The van der Waals surface area contributed by atoms with Gasteiger partial charge in [-0.2, -0.15) is 0 Å². The summed E-state index contributed by atoms with van der Waals surface area (Å²) in [5.41, 5.74) is 8.20. The number of carboxylic acid groups (broad SMARTS) is 1. The average Bonchev–Trinajstić information content (AvgIpc) is 2.77. The quantitative estimate of drug-likeness (QED) is 0.252. The fourth-order valence-corrected chi connectivity index (χ4v) is 3.82. The molecule has 0 bridgehead atoms. The third-order valence-corrected chi connectivity index (χ3v) is 5.44. The summed E-state index contributed by atoms with van der Waals surface area (Å²) in [5.74, 6) is -0.0617. The van der Waals surface area contributed by atoms with E-state index < -0.39 is 5.97 Å². The van der Waals surface area contributed by atoms with Crippen LogP contribution in [0.5, 0.6) is 0 Å². The third kappa shape index (κ3) is 6.51. The van der Waals surface area contributed by atoms with Crippen LogP contribution in [0.3, 0.4) is 0 Å². The number of hydroxylamine groups is 1. The van der Waals surface area contributed by atoms with Crippen LogP contribution in [-0.4, -0.2) is 23.4 Å². The van der Waals surface area contributed by atoms with Gasteiger partial charge in [0.2, 0.25) is 0 Å². The molecule has 0 atom stereocenters. The zero-order chi connectivity index (χ0) is 21.2. The monoisotopic (exact) mass is 419 g/mol. The normalized spacial score (nSPS) is 11.3. The summed E-state index contributed by atoms with van der Waals surface area (Å²) >= 11 is 1.64. The number of thioether (sulfide) groups is 1. The second-order valence-corrected chi connectivity index (χ2v) is 7.83. The minimum atomic E-state index is -0.819. The highest BCUT2D eigenvalue weighted by molar-refractivity contribution is 7.99. The van der Waals surface area contributed by atoms with Gasteiger partial charge in [-0.3, -0.25) is 15.1 Å². The van der Waals surface area contributed by atoms with E-state index in [0.29, 0.717) is 6.61 Å². The van der Waals surface area contributed by atoms with Crippen LogP contribution < -0.4 is 5.48 Å². The molecular formula is C25H25NO3S. The van der Waals surface area contributed by atoms with Gasteiger partial charge in [0, 0.05) is 10.6 Å². The fraction of sp³-hybridized carbons (Fsp3) is 0.160. The second-order valence-electron chi connectivity index (χ2n) is 6.66. The van der Waals surface area contributed by atoms with E-state index in [4.69, 9.17) is 9.94 Å². The van der Waals surface area contributed by atoms with Crippen molar-refractivity contribution in [3.8, 4) is 11.1 Å². The van der Waals surface area contributed by atoms with E-state index in [-0.39, 0.29) is 6.42 Å². The van der Waals surface area contributed by atoms with E-state index in [0.717, 1.165) is 27.5 Å². The number of carbonyl (C=O) groups is 1. The van der Waals surface area contributed by atoms with Crippen LogP contribution in [0.1, 0.15) is 18.1 Å². The van der Waals surface area contributed by atoms with E-state index in [2.05, 4.69) is 41.9 Å². The van der Waals surface area contributed by atoms with Crippen molar-refractivity contribution in [1.29, 1.82) is 0 Å². The van der Waals surface area contributed by atoms with Crippen molar-refractivity contribution >= 4 is 23.4 Å². The smallest absolute Gasteiger partial charge is 0.307 e. The lowest BCUT2D eigenvalue weighted by Crippen LogP contribution is -2.15. The van der Waals surface area contributed by atoms with Gasteiger partial charge in [0.05, 0.1) is 18.7 Å². The molecule has 0 saturated heterocycles. The van der Waals surface area contributed by atoms with Crippen molar-refractivity contribution in [2.24, 2.45) is 0 Å². The van der Waals surface area contributed by atoms with E-state index >= 15 is 0 Å². The minimum absolute atomic E-state index is 0.0418. The first kappa shape index (κ1) is 21.7. The highest BCUT2D eigenvalue weighted by Gasteiger charge is 2.04. The van der Waals surface area contributed by atoms with Crippen molar-refractivity contribution < 1.29 is 14.7 Å². The molecular weight excluding hydrogens is 394 g/mol. The molecule has 30 heavy (non-hydrogen) atoms. The maximum Gasteiger partial charge on any atom is 0.307 e. The van der Waals surface area contributed by atoms with Crippen LogP contribution in [0.2, 0.25) is 0 Å². The topological polar surface area (TPSA) is 58.6 Å². The molecule has 0 heterocycles. The summed E-state index contributed by atoms with van der Waals surface area (Å²) in [5, 5.41) is 8.91. The van der Waals surface area contributed by atoms with Crippen LogP contribution in [0.15, 0.2) is 89.8 Å². The lowest BCUT2D eigenvalue weighted by molar-refractivity contribution is -0.136. The number of hydrogen-bond donors (Lipinski definition) is 2. The molecule has 0 fully saturated rings. The Kier molecular flexibility index (Phi) is 8.12. The lowest BCUT2D eigenvalue weighted by atomic mass is 10.0. The molecule has 0 amide bonds. The van der Waals surface area contributed by atoms with Crippen LogP contribution >= 0.6 is 11.8 Å². The lowest BCUT2D eigenvalue weighted by Gasteiger charge is -2.12. The van der Waals surface area contributed by atoms with Crippen molar-refractivity contribution in [3.05, 3.63) is 96.1 Å². The van der Waals surface area contributed by atoms with Crippen LogP contribution in [0.25, 0.3) is 16.8 Å². The molecule has 0 saturated carbocycles. The van der Waals surface area contributed by atoms with Gasteiger partial charge in [0.15, 0.2) is 0 Å². The summed E-state index contributed by atoms with van der Waals surface area (Å²) in [6, 6.07) is 26.3. The molecule has 0 spiro atoms. The second kappa shape index (κ2) is 11.2. The van der Waals surface area contributed by atoms with Gasteiger partial charge >= 0.3 is 5.97 Å². The predicted molar refractivity (Wildman–Crippen MR) is 123 cm³/mol. The van der Waals surface area contributed by atoms with Crippen molar-refractivity contribution in [2.75, 3.05) is 12.4 Å². The van der Waals surface area contributed by atoms with Gasteiger partial charge < -0.3 is 5.11 Å². The molecule has 4 nitrogen and oxygen atoms in total. The summed E-state index contributed by atoms with van der Waals surface area (Å²) in [4.78, 5) is 17.5. The van der Waals surface area contributed by atoms with Crippen LogP contribution in [0, 0.1) is 0 Å². The number of benzene rings is 3. The molecule has 154 valence electrons. The Hall–Kier alpha value is -3.02. The Morgan fingerprint density at radius 3 is 2.43 bits per heavy atom. The van der Waals surface area contributed by atoms with E-state index in [9.17, 15) is 4.79 Å². The molecule has 2 N–H and O–H groups in total. The minimum Gasteiger partial charge on any atom is -0.481 e. The molecule has 0 radical (unpaired) electrons. The highest BCUT2D eigenvalue weighted by Crippen LogP contribution is 2.22. The van der Waals surface area contributed by atoms with Crippen molar-refractivity contribution in [2.45, 2.75) is 18.2 Å². The largest absolute Gasteiger partial charge is 0.481 e. The first-order valence-corrected chi connectivity index (χ1v) is 10.8. The van der Waals surface area contributed by atoms with Gasteiger partial charge in [0.25, 0.3) is 0 Å². The molecule has 0 aromatic heterocycles. The molecule has 0 aliphatic carbocycles. The van der Waals surface area contributed by atoms with E-state index in [1.165, 1.54) is 11.1 Å². The van der Waals surface area contributed by atoms with Crippen molar-refractivity contribution in [3.63, 3.8) is 0 Å². The Balaban J connectivity index is 1.46. The Labute approximate surface area is 181 Å². The SMILES string of the molecule is CC=C(NOCCSc1cccc(CC(=O)O)c1)c1ccc(-c2ccccc2)cc1. The number of hydrogen-bond acceptors (Lipinski definition) is 4. The van der Waals surface area contributed by atoms with E-state index in [1.54, 1.807) is 11.8 Å². The number of nitrogens with one attached hydrogen (secondary N) is 1. The van der Waals surface area contributed by atoms with Gasteiger partial charge in [-0.05, 0) is 41.3 Å².